The molecular weight excluding hydrogens is 369 g/mol. The van der Waals surface area contributed by atoms with E-state index in [0.717, 1.165) is 11.1 Å². The summed E-state index contributed by atoms with van der Waals surface area (Å²) in [5.41, 5.74) is 2.13. The molecule has 0 radical (unpaired) electrons. The summed E-state index contributed by atoms with van der Waals surface area (Å²) < 4.78 is 39.7. The average Bonchev–Trinajstić information content (AvgIpc) is 2.59. The van der Waals surface area contributed by atoms with Gasteiger partial charge in [0.05, 0.1) is 5.75 Å². The van der Waals surface area contributed by atoms with Gasteiger partial charge in [-0.2, -0.15) is 0 Å². The van der Waals surface area contributed by atoms with Gasteiger partial charge in [0.2, 0.25) is 10.0 Å². The van der Waals surface area contributed by atoms with Gasteiger partial charge in [-0.1, -0.05) is 36.4 Å². The van der Waals surface area contributed by atoms with Gasteiger partial charge in [-0.25, -0.2) is 22.3 Å². The van der Waals surface area contributed by atoms with Crippen molar-refractivity contribution < 1.29 is 17.6 Å². The van der Waals surface area contributed by atoms with Crippen LogP contribution in [0.15, 0.2) is 48.5 Å². The number of carbonyl (C=O) groups is 1. The molecule has 27 heavy (non-hydrogen) atoms. The van der Waals surface area contributed by atoms with Crippen LogP contribution in [-0.4, -0.2) is 20.5 Å². The van der Waals surface area contributed by atoms with Crippen LogP contribution >= 0.6 is 0 Å². The van der Waals surface area contributed by atoms with Gasteiger partial charge in [-0.05, 0) is 42.7 Å². The number of hydrogen-bond donors (Lipinski definition) is 3. The zero-order chi connectivity index (χ0) is 19.9. The topological polar surface area (TPSA) is 87.3 Å². The van der Waals surface area contributed by atoms with Crippen LogP contribution in [0.2, 0.25) is 0 Å². The first-order valence-electron chi connectivity index (χ1n) is 8.58. The summed E-state index contributed by atoms with van der Waals surface area (Å²) in [6.07, 6.45) is 0. The number of carbonyl (C=O) groups excluding carboxylic acids is 1. The number of halogens is 1. The predicted molar refractivity (Wildman–Crippen MR) is 103 cm³/mol. The third-order valence-electron chi connectivity index (χ3n) is 3.68. The number of rotatable bonds is 8. The Morgan fingerprint density at radius 3 is 2.19 bits per heavy atom. The summed E-state index contributed by atoms with van der Waals surface area (Å²) >= 11 is 0. The number of sulfonamides is 1. The van der Waals surface area contributed by atoms with Gasteiger partial charge in [-0.15, -0.1) is 0 Å². The van der Waals surface area contributed by atoms with E-state index in [1.807, 2.05) is 0 Å². The highest BCUT2D eigenvalue weighted by molar-refractivity contribution is 7.88. The van der Waals surface area contributed by atoms with E-state index in [2.05, 4.69) is 15.4 Å². The van der Waals surface area contributed by atoms with Crippen molar-refractivity contribution in [1.82, 2.24) is 15.4 Å². The first kappa shape index (κ1) is 20.9. The Labute approximate surface area is 159 Å². The Morgan fingerprint density at radius 1 is 0.963 bits per heavy atom. The van der Waals surface area contributed by atoms with Gasteiger partial charge >= 0.3 is 6.03 Å². The molecule has 0 fully saturated rings. The van der Waals surface area contributed by atoms with Crippen LogP contribution in [0.25, 0.3) is 0 Å². The molecule has 0 heterocycles. The summed E-state index contributed by atoms with van der Waals surface area (Å²) in [5, 5.41) is 5.39. The molecule has 0 atom stereocenters. The quantitative estimate of drug-likeness (QED) is 0.644. The molecule has 3 N–H and O–H groups in total. The maximum absolute atomic E-state index is 12.9. The molecular formula is C19H24FN3O3S. The lowest BCUT2D eigenvalue weighted by Gasteiger charge is -2.13. The second-order valence-corrected chi connectivity index (χ2v) is 8.22. The van der Waals surface area contributed by atoms with E-state index in [1.165, 1.54) is 12.1 Å². The van der Waals surface area contributed by atoms with Crippen molar-refractivity contribution in [2.24, 2.45) is 0 Å². The van der Waals surface area contributed by atoms with Gasteiger partial charge in [-0.3, -0.25) is 0 Å². The maximum Gasteiger partial charge on any atom is 0.315 e. The molecule has 0 aliphatic carbocycles. The summed E-state index contributed by atoms with van der Waals surface area (Å²) in [4.78, 5) is 12.0. The molecule has 2 aromatic carbocycles. The lowest BCUT2D eigenvalue weighted by Crippen LogP contribution is -2.35. The lowest BCUT2D eigenvalue weighted by molar-refractivity contribution is 0.240. The predicted octanol–water partition coefficient (Wildman–Crippen LogP) is 2.65. The normalized spacial score (nSPS) is 11.4. The Morgan fingerprint density at radius 2 is 1.56 bits per heavy atom. The zero-order valence-electron chi connectivity index (χ0n) is 15.3. The SMILES string of the molecule is CC(C)NS(=O)(=O)Cc1ccccc1CNC(=O)NCc1ccc(F)cc1. The largest absolute Gasteiger partial charge is 0.334 e. The number of hydrogen-bond acceptors (Lipinski definition) is 3. The van der Waals surface area contributed by atoms with Crippen LogP contribution < -0.4 is 15.4 Å². The Kier molecular flexibility index (Phi) is 7.32. The Hall–Kier alpha value is -2.45. The maximum atomic E-state index is 12.9. The molecule has 0 spiro atoms. The minimum Gasteiger partial charge on any atom is -0.334 e. The lowest BCUT2D eigenvalue weighted by atomic mass is 10.1. The third-order valence-corrected chi connectivity index (χ3v) is 5.21. The molecule has 2 rings (SSSR count). The molecule has 0 aromatic heterocycles. The molecule has 2 amide bonds. The summed E-state index contributed by atoms with van der Waals surface area (Å²) in [6, 6.07) is 12.3. The van der Waals surface area contributed by atoms with E-state index in [9.17, 15) is 17.6 Å². The van der Waals surface area contributed by atoms with E-state index in [4.69, 9.17) is 0 Å². The highest BCUT2D eigenvalue weighted by Crippen LogP contribution is 2.12. The van der Waals surface area contributed by atoms with Crippen molar-refractivity contribution in [2.75, 3.05) is 0 Å². The molecule has 0 saturated heterocycles. The van der Waals surface area contributed by atoms with E-state index in [1.54, 1.807) is 50.2 Å². The van der Waals surface area contributed by atoms with Crippen LogP contribution in [0.1, 0.15) is 30.5 Å². The summed E-state index contributed by atoms with van der Waals surface area (Å²) in [7, 11) is -3.45. The highest BCUT2D eigenvalue weighted by atomic mass is 32.2. The number of nitrogens with one attached hydrogen (secondary N) is 3. The van der Waals surface area contributed by atoms with Gasteiger partial charge in [0.15, 0.2) is 0 Å². The van der Waals surface area contributed by atoms with Crippen molar-refractivity contribution in [3.8, 4) is 0 Å². The molecule has 0 saturated carbocycles. The molecule has 6 nitrogen and oxygen atoms in total. The fourth-order valence-corrected chi connectivity index (χ4v) is 3.99. The van der Waals surface area contributed by atoms with E-state index < -0.39 is 16.1 Å². The van der Waals surface area contributed by atoms with Crippen LogP contribution in [0.4, 0.5) is 9.18 Å². The van der Waals surface area contributed by atoms with Gasteiger partial charge in [0.25, 0.3) is 0 Å². The molecule has 0 aliphatic rings. The molecule has 8 heteroatoms. The van der Waals surface area contributed by atoms with Crippen molar-refractivity contribution in [3.05, 3.63) is 71.0 Å². The highest BCUT2D eigenvalue weighted by Gasteiger charge is 2.15. The van der Waals surface area contributed by atoms with Gasteiger partial charge in [0.1, 0.15) is 5.82 Å². The summed E-state index contributed by atoms with van der Waals surface area (Å²) in [6.45, 7) is 3.98. The molecule has 2 aromatic rings. The molecule has 0 unspecified atom stereocenters. The number of amides is 2. The fraction of sp³-hybridized carbons (Fsp3) is 0.316. The number of benzene rings is 2. The molecule has 0 bridgehead atoms. The monoisotopic (exact) mass is 393 g/mol. The van der Waals surface area contributed by atoms with Gasteiger partial charge < -0.3 is 10.6 Å². The molecule has 146 valence electrons. The van der Waals surface area contributed by atoms with Gasteiger partial charge in [0, 0.05) is 19.1 Å². The number of urea groups is 1. The van der Waals surface area contributed by atoms with Crippen LogP contribution in [0.5, 0.6) is 0 Å². The minimum absolute atomic E-state index is 0.153. The van der Waals surface area contributed by atoms with Crippen molar-refractivity contribution in [1.29, 1.82) is 0 Å². The van der Waals surface area contributed by atoms with Crippen LogP contribution in [0.3, 0.4) is 0 Å². The Balaban J connectivity index is 1.91. The zero-order valence-corrected chi connectivity index (χ0v) is 16.1. The first-order chi connectivity index (χ1) is 12.7. The minimum atomic E-state index is -3.45. The van der Waals surface area contributed by atoms with E-state index in [0.29, 0.717) is 5.56 Å². The van der Waals surface area contributed by atoms with Crippen molar-refractivity contribution in [3.63, 3.8) is 0 Å². The van der Waals surface area contributed by atoms with Crippen LogP contribution in [-0.2, 0) is 28.9 Å². The smallest absolute Gasteiger partial charge is 0.315 e. The van der Waals surface area contributed by atoms with E-state index >= 15 is 0 Å². The average molecular weight is 393 g/mol. The summed E-state index contributed by atoms with van der Waals surface area (Å²) in [5.74, 6) is -0.484. The second kappa shape index (κ2) is 9.48. The standard InChI is InChI=1S/C19H24FN3O3S/c1-14(2)23-27(25,26)13-17-6-4-3-5-16(17)12-22-19(24)21-11-15-7-9-18(20)10-8-15/h3-10,14,23H,11-13H2,1-2H3,(H2,21,22,24). The Bertz CT molecular complexity index is 868. The first-order valence-corrected chi connectivity index (χ1v) is 10.2. The van der Waals surface area contributed by atoms with Crippen molar-refractivity contribution in [2.45, 2.75) is 38.7 Å². The van der Waals surface area contributed by atoms with Crippen LogP contribution in [0, 0.1) is 5.82 Å². The third kappa shape index (κ3) is 7.36. The second-order valence-electron chi connectivity index (χ2n) is 6.46. The van der Waals surface area contributed by atoms with Crippen molar-refractivity contribution >= 4 is 16.1 Å². The molecule has 0 aliphatic heterocycles. The fourth-order valence-electron chi connectivity index (χ4n) is 2.50. The van der Waals surface area contributed by atoms with E-state index in [-0.39, 0.29) is 30.7 Å².